The van der Waals surface area contributed by atoms with E-state index in [0.29, 0.717) is 33.1 Å². The van der Waals surface area contributed by atoms with Crippen molar-refractivity contribution in [3.05, 3.63) is 64.9 Å². The van der Waals surface area contributed by atoms with E-state index in [1.165, 1.54) is 0 Å². The number of fused-ring (bicyclic) bond motifs is 5. The zero-order valence-corrected chi connectivity index (χ0v) is 14.8. The van der Waals surface area contributed by atoms with Gasteiger partial charge in [0.15, 0.2) is 0 Å². The minimum absolute atomic E-state index is 0.539. The minimum atomic E-state index is 0.539. The van der Waals surface area contributed by atoms with Gasteiger partial charge in [-0.05, 0) is 36.4 Å². The Kier molecular flexibility index (Phi) is 3.45. The van der Waals surface area contributed by atoms with Crippen molar-refractivity contribution in [3.8, 4) is 33.9 Å². The Morgan fingerprint density at radius 1 is 0.769 bits per heavy atom. The molecule has 7 heteroatoms. The number of halogens is 2. The molecule has 5 nitrogen and oxygen atoms in total. The Hall–Kier alpha value is -2.89. The van der Waals surface area contributed by atoms with E-state index in [2.05, 4.69) is 20.3 Å². The molecule has 0 fully saturated rings. The Morgan fingerprint density at radius 3 is 2.15 bits per heavy atom. The second kappa shape index (κ2) is 5.83. The highest BCUT2D eigenvalue weighted by Gasteiger charge is 2.25. The number of hydrogen-bond acceptors (Lipinski definition) is 4. The van der Waals surface area contributed by atoms with Crippen LogP contribution in [0, 0.1) is 0 Å². The molecule has 0 unspecified atom stereocenters. The SMILES string of the molecule is Clc1cccc(Cl)c1-c1nc2c([nH]1)-c1cccnc1Nc1ncccc1-2. The molecule has 0 saturated heterocycles. The maximum Gasteiger partial charge on any atom is 0.141 e. The highest BCUT2D eigenvalue weighted by Crippen LogP contribution is 2.43. The van der Waals surface area contributed by atoms with Crippen LogP contribution in [0.3, 0.4) is 0 Å². The van der Waals surface area contributed by atoms with Crippen LogP contribution in [0.2, 0.25) is 10.0 Å². The Labute approximate surface area is 159 Å². The summed E-state index contributed by atoms with van der Waals surface area (Å²) in [5, 5.41) is 4.36. The molecule has 4 heterocycles. The molecule has 1 aliphatic rings. The molecule has 3 aromatic heterocycles. The highest BCUT2D eigenvalue weighted by atomic mass is 35.5. The fourth-order valence-corrected chi connectivity index (χ4v) is 3.70. The van der Waals surface area contributed by atoms with Crippen molar-refractivity contribution in [1.82, 2.24) is 19.9 Å². The van der Waals surface area contributed by atoms with Crippen LogP contribution in [-0.4, -0.2) is 19.9 Å². The molecule has 126 valence electrons. The molecule has 0 bridgehead atoms. The molecule has 0 atom stereocenters. The average Bonchev–Trinajstić information content (AvgIpc) is 3.02. The largest absolute Gasteiger partial charge is 0.337 e. The third kappa shape index (κ3) is 2.29. The van der Waals surface area contributed by atoms with Crippen LogP contribution in [0.15, 0.2) is 54.9 Å². The number of nitrogens with one attached hydrogen (secondary N) is 2. The molecular formula is C19H11Cl2N5. The van der Waals surface area contributed by atoms with Gasteiger partial charge in [0.25, 0.3) is 0 Å². The van der Waals surface area contributed by atoms with Crippen LogP contribution in [0.1, 0.15) is 0 Å². The molecule has 5 rings (SSSR count). The van der Waals surface area contributed by atoms with Crippen molar-refractivity contribution >= 4 is 34.8 Å². The summed E-state index contributed by atoms with van der Waals surface area (Å²) in [7, 11) is 0. The monoisotopic (exact) mass is 379 g/mol. The molecule has 2 N–H and O–H groups in total. The van der Waals surface area contributed by atoms with Crippen LogP contribution in [0.4, 0.5) is 11.6 Å². The fraction of sp³-hybridized carbons (Fsp3) is 0. The van der Waals surface area contributed by atoms with Crippen LogP contribution >= 0.6 is 23.2 Å². The van der Waals surface area contributed by atoms with Crippen LogP contribution in [-0.2, 0) is 0 Å². The Bertz CT molecular complexity index is 1070. The van der Waals surface area contributed by atoms with Gasteiger partial charge in [0.05, 0.1) is 21.3 Å². The van der Waals surface area contributed by atoms with Crippen LogP contribution < -0.4 is 5.32 Å². The smallest absolute Gasteiger partial charge is 0.141 e. The van der Waals surface area contributed by atoms with Gasteiger partial charge >= 0.3 is 0 Å². The second-order valence-corrected chi connectivity index (χ2v) is 6.64. The third-order valence-electron chi connectivity index (χ3n) is 4.28. The van der Waals surface area contributed by atoms with Crippen molar-refractivity contribution in [2.75, 3.05) is 5.32 Å². The molecule has 0 saturated carbocycles. The lowest BCUT2D eigenvalue weighted by Gasteiger charge is -2.07. The lowest BCUT2D eigenvalue weighted by Crippen LogP contribution is -1.97. The van der Waals surface area contributed by atoms with Gasteiger partial charge in [-0.25, -0.2) is 15.0 Å². The second-order valence-electron chi connectivity index (χ2n) is 5.83. The van der Waals surface area contributed by atoms with E-state index in [4.69, 9.17) is 28.2 Å². The molecule has 1 aromatic carbocycles. The van der Waals surface area contributed by atoms with E-state index in [1.54, 1.807) is 24.5 Å². The first kappa shape index (κ1) is 15.4. The number of pyridine rings is 2. The van der Waals surface area contributed by atoms with Crippen molar-refractivity contribution in [1.29, 1.82) is 0 Å². The van der Waals surface area contributed by atoms with E-state index < -0.39 is 0 Å². The summed E-state index contributed by atoms with van der Waals surface area (Å²) < 4.78 is 0. The van der Waals surface area contributed by atoms with Crippen molar-refractivity contribution in [3.63, 3.8) is 0 Å². The summed E-state index contributed by atoms with van der Waals surface area (Å²) in [5.74, 6) is 2.03. The summed E-state index contributed by atoms with van der Waals surface area (Å²) in [5.41, 5.74) is 4.08. The maximum atomic E-state index is 6.38. The molecule has 0 aliphatic carbocycles. The summed E-state index contributed by atoms with van der Waals surface area (Å²) in [6, 6.07) is 13.1. The number of anilines is 2. The summed E-state index contributed by atoms with van der Waals surface area (Å²) in [6.07, 6.45) is 3.47. The van der Waals surface area contributed by atoms with Gasteiger partial charge in [0, 0.05) is 23.5 Å². The Morgan fingerprint density at radius 2 is 1.42 bits per heavy atom. The average molecular weight is 380 g/mol. The lowest BCUT2D eigenvalue weighted by molar-refractivity contribution is 1.24. The van der Waals surface area contributed by atoms with Gasteiger partial charge < -0.3 is 10.3 Å². The number of aromatic nitrogens is 4. The van der Waals surface area contributed by atoms with Gasteiger partial charge in [-0.3, -0.25) is 0 Å². The molecule has 1 aliphatic heterocycles. The van der Waals surface area contributed by atoms with Gasteiger partial charge in [-0.1, -0.05) is 29.3 Å². The van der Waals surface area contributed by atoms with Gasteiger partial charge in [-0.2, -0.15) is 0 Å². The number of imidazole rings is 1. The maximum absolute atomic E-state index is 6.38. The number of H-pyrrole nitrogens is 1. The van der Waals surface area contributed by atoms with Crippen molar-refractivity contribution < 1.29 is 0 Å². The van der Waals surface area contributed by atoms with E-state index in [-0.39, 0.29) is 0 Å². The molecule has 4 aromatic rings. The highest BCUT2D eigenvalue weighted by molar-refractivity contribution is 6.39. The number of benzene rings is 1. The van der Waals surface area contributed by atoms with Crippen molar-refractivity contribution in [2.24, 2.45) is 0 Å². The van der Waals surface area contributed by atoms with E-state index in [1.807, 2.05) is 30.3 Å². The minimum Gasteiger partial charge on any atom is -0.337 e. The molecule has 0 radical (unpaired) electrons. The first-order valence-corrected chi connectivity index (χ1v) is 8.70. The Balaban J connectivity index is 1.84. The first-order chi connectivity index (χ1) is 12.7. The summed E-state index contributed by atoms with van der Waals surface area (Å²) >= 11 is 12.8. The molecule has 0 spiro atoms. The lowest BCUT2D eigenvalue weighted by atomic mass is 10.1. The van der Waals surface area contributed by atoms with Gasteiger partial charge in [-0.15, -0.1) is 0 Å². The van der Waals surface area contributed by atoms with Crippen LogP contribution in [0.5, 0.6) is 0 Å². The van der Waals surface area contributed by atoms with E-state index in [9.17, 15) is 0 Å². The van der Waals surface area contributed by atoms with Crippen molar-refractivity contribution in [2.45, 2.75) is 0 Å². The standard InChI is InChI=1S/C19H11Cl2N5/c20-12-6-1-7-13(21)14(12)19-24-15-10-4-2-8-22-17(10)26-18-11(16(15)25-19)5-3-9-23-18/h1-9H,(H,24,25)(H,22,23,26). The predicted octanol–water partition coefficient (Wildman–Crippen LogP) is 5.56. The quantitative estimate of drug-likeness (QED) is 0.399. The first-order valence-electron chi connectivity index (χ1n) is 7.94. The van der Waals surface area contributed by atoms with E-state index >= 15 is 0 Å². The zero-order chi connectivity index (χ0) is 17.7. The number of nitrogens with zero attached hydrogens (tertiary/aromatic N) is 3. The van der Waals surface area contributed by atoms with Crippen LogP contribution in [0.25, 0.3) is 33.9 Å². The normalized spacial score (nSPS) is 11.8. The molecular weight excluding hydrogens is 369 g/mol. The molecule has 0 amide bonds. The molecule has 26 heavy (non-hydrogen) atoms. The topological polar surface area (TPSA) is 66.5 Å². The number of aromatic amines is 1. The number of hydrogen-bond donors (Lipinski definition) is 2. The summed E-state index contributed by atoms with van der Waals surface area (Å²) in [4.78, 5) is 17.1. The number of rotatable bonds is 1. The predicted molar refractivity (Wildman–Crippen MR) is 104 cm³/mol. The zero-order valence-electron chi connectivity index (χ0n) is 13.3. The third-order valence-corrected chi connectivity index (χ3v) is 4.91. The van der Waals surface area contributed by atoms with Gasteiger partial charge in [0.2, 0.25) is 0 Å². The van der Waals surface area contributed by atoms with Gasteiger partial charge in [0.1, 0.15) is 23.2 Å². The summed E-state index contributed by atoms with van der Waals surface area (Å²) in [6.45, 7) is 0. The van der Waals surface area contributed by atoms with E-state index in [0.717, 1.165) is 22.5 Å². The fourth-order valence-electron chi connectivity index (χ4n) is 3.12.